The Bertz CT molecular complexity index is 231. The third-order valence-corrected chi connectivity index (χ3v) is 2.28. The van der Waals surface area contributed by atoms with Crippen LogP contribution >= 0.6 is 11.8 Å². The third kappa shape index (κ3) is 3.23. The van der Waals surface area contributed by atoms with Gasteiger partial charge in [-0.2, -0.15) is 0 Å². The number of nitrogens with zero attached hydrogens (tertiary/aromatic N) is 1. The zero-order chi connectivity index (χ0) is 8.10. The van der Waals surface area contributed by atoms with E-state index >= 15 is 0 Å². The Labute approximate surface area is 71.5 Å². The highest BCUT2D eigenvalue weighted by Crippen LogP contribution is 2.15. The van der Waals surface area contributed by atoms with E-state index in [9.17, 15) is 0 Å². The standard InChI is InChI=1S/C9H11NS/c1-8(2)7-11-9-5-3-4-6-10-9/h3-6H,1,7H2,2H3. The number of aromatic nitrogens is 1. The Morgan fingerprint density at radius 1 is 1.64 bits per heavy atom. The molecule has 0 radical (unpaired) electrons. The van der Waals surface area contributed by atoms with E-state index in [2.05, 4.69) is 11.6 Å². The molecule has 0 N–H and O–H groups in total. The van der Waals surface area contributed by atoms with Crippen LogP contribution in [0, 0.1) is 0 Å². The fraction of sp³-hybridized carbons (Fsp3) is 0.222. The second-order valence-corrected chi connectivity index (χ2v) is 3.41. The van der Waals surface area contributed by atoms with Crippen molar-refractivity contribution in [3.8, 4) is 0 Å². The molecule has 0 aliphatic heterocycles. The van der Waals surface area contributed by atoms with Crippen LogP contribution in [0.4, 0.5) is 0 Å². The zero-order valence-electron chi connectivity index (χ0n) is 6.58. The van der Waals surface area contributed by atoms with Crippen LogP contribution in [0.2, 0.25) is 0 Å². The van der Waals surface area contributed by atoms with Gasteiger partial charge in [-0.05, 0) is 19.1 Å². The molecule has 0 saturated carbocycles. The van der Waals surface area contributed by atoms with E-state index in [4.69, 9.17) is 0 Å². The van der Waals surface area contributed by atoms with Crippen molar-refractivity contribution in [2.75, 3.05) is 5.75 Å². The van der Waals surface area contributed by atoms with Crippen molar-refractivity contribution >= 4 is 11.8 Å². The smallest absolute Gasteiger partial charge is 0.0962 e. The summed E-state index contributed by atoms with van der Waals surface area (Å²) in [6, 6.07) is 5.92. The Morgan fingerprint density at radius 2 is 2.45 bits per heavy atom. The van der Waals surface area contributed by atoms with E-state index < -0.39 is 0 Å². The van der Waals surface area contributed by atoms with Gasteiger partial charge in [0.15, 0.2) is 0 Å². The number of thioether (sulfide) groups is 1. The SMILES string of the molecule is C=C(C)CSc1ccccn1. The van der Waals surface area contributed by atoms with Crippen molar-refractivity contribution in [2.45, 2.75) is 11.9 Å². The highest BCUT2D eigenvalue weighted by atomic mass is 32.2. The molecule has 0 spiro atoms. The Kier molecular flexibility index (Phi) is 3.17. The summed E-state index contributed by atoms with van der Waals surface area (Å²) >= 11 is 1.72. The number of hydrogen-bond donors (Lipinski definition) is 0. The molecule has 1 aromatic heterocycles. The molecular weight excluding hydrogens is 154 g/mol. The van der Waals surface area contributed by atoms with Crippen LogP contribution in [0.5, 0.6) is 0 Å². The average Bonchev–Trinajstić information content (AvgIpc) is 2.03. The molecular formula is C9H11NS. The maximum absolute atomic E-state index is 4.17. The van der Waals surface area contributed by atoms with Gasteiger partial charge in [0.1, 0.15) is 0 Å². The van der Waals surface area contributed by atoms with Crippen LogP contribution in [0.25, 0.3) is 0 Å². The Hall–Kier alpha value is -0.760. The van der Waals surface area contributed by atoms with Gasteiger partial charge in [-0.15, -0.1) is 11.8 Å². The van der Waals surface area contributed by atoms with Gasteiger partial charge in [-0.25, -0.2) is 4.98 Å². The predicted molar refractivity (Wildman–Crippen MR) is 49.8 cm³/mol. The maximum Gasteiger partial charge on any atom is 0.0962 e. The molecule has 1 nitrogen and oxygen atoms in total. The van der Waals surface area contributed by atoms with E-state index in [0.29, 0.717) is 0 Å². The summed E-state index contributed by atoms with van der Waals surface area (Å²) in [7, 11) is 0. The normalized spacial score (nSPS) is 9.55. The molecule has 1 aromatic rings. The van der Waals surface area contributed by atoms with E-state index in [1.54, 1.807) is 18.0 Å². The lowest BCUT2D eigenvalue weighted by atomic mass is 10.4. The van der Waals surface area contributed by atoms with Crippen LogP contribution in [0.15, 0.2) is 41.6 Å². The first-order valence-electron chi connectivity index (χ1n) is 3.47. The van der Waals surface area contributed by atoms with Crippen LogP contribution in [0.1, 0.15) is 6.92 Å². The van der Waals surface area contributed by atoms with Crippen molar-refractivity contribution in [1.29, 1.82) is 0 Å². The second-order valence-electron chi connectivity index (χ2n) is 2.41. The van der Waals surface area contributed by atoms with Gasteiger partial charge in [-0.3, -0.25) is 0 Å². The highest BCUT2D eigenvalue weighted by molar-refractivity contribution is 7.99. The minimum absolute atomic E-state index is 0.955. The van der Waals surface area contributed by atoms with Crippen molar-refractivity contribution in [1.82, 2.24) is 4.98 Å². The molecule has 1 rings (SSSR count). The fourth-order valence-corrected chi connectivity index (χ4v) is 1.33. The number of rotatable bonds is 3. The summed E-state index contributed by atoms with van der Waals surface area (Å²) in [5.74, 6) is 0.955. The zero-order valence-corrected chi connectivity index (χ0v) is 7.40. The molecule has 0 fully saturated rings. The van der Waals surface area contributed by atoms with Gasteiger partial charge in [0.05, 0.1) is 5.03 Å². The molecule has 0 aliphatic rings. The van der Waals surface area contributed by atoms with Crippen LogP contribution in [-0.2, 0) is 0 Å². The topological polar surface area (TPSA) is 12.9 Å². The molecule has 0 saturated heterocycles. The van der Waals surface area contributed by atoms with E-state index in [1.807, 2.05) is 25.1 Å². The summed E-state index contributed by atoms with van der Waals surface area (Å²) in [5.41, 5.74) is 1.18. The lowest BCUT2D eigenvalue weighted by Crippen LogP contribution is -1.81. The van der Waals surface area contributed by atoms with Gasteiger partial charge in [0.2, 0.25) is 0 Å². The van der Waals surface area contributed by atoms with E-state index in [0.717, 1.165) is 10.8 Å². The molecule has 58 valence electrons. The molecule has 2 heteroatoms. The van der Waals surface area contributed by atoms with Crippen molar-refractivity contribution in [3.63, 3.8) is 0 Å². The third-order valence-electron chi connectivity index (χ3n) is 1.10. The van der Waals surface area contributed by atoms with Gasteiger partial charge < -0.3 is 0 Å². The monoisotopic (exact) mass is 165 g/mol. The molecule has 0 aromatic carbocycles. The summed E-state index contributed by atoms with van der Waals surface area (Å²) in [6.45, 7) is 5.85. The summed E-state index contributed by atoms with van der Waals surface area (Å²) in [4.78, 5) is 4.17. The summed E-state index contributed by atoms with van der Waals surface area (Å²) < 4.78 is 0. The second kappa shape index (κ2) is 4.19. The molecule has 0 atom stereocenters. The number of hydrogen-bond acceptors (Lipinski definition) is 2. The van der Waals surface area contributed by atoms with Crippen LogP contribution < -0.4 is 0 Å². The minimum atomic E-state index is 0.955. The lowest BCUT2D eigenvalue weighted by molar-refractivity contribution is 1.13. The molecule has 0 amide bonds. The largest absolute Gasteiger partial charge is 0.250 e. The van der Waals surface area contributed by atoms with Gasteiger partial charge in [0.25, 0.3) is 0 Å². The van der Waals surface area contributed by atoms with Gasteiger partial charge in [0, 0.05) is 11.9 Å². The Balaban J connectivity index is 2.45. The minimum Gasteiger partial charge on any atom is -0.250 e. The van der Waals surface area contributed by atoms with Crippen LogP contribution in [0.3, 0.4) is 0 Å². The average molecular weight is 165 g/mol. The molecule has 0 aliphatic carbocycles. The molecule has 1 heterocycles. The summed E-state index contributed by atoms with van der Waals surface area (Å²) in [6.07, 6.45) is 1.81. The van der Waals surface area contributed by atoms with E-state index in [1.165, 1.54) is 5.57 Å². The Morgan fingerprint density at radius 3 is 3.00 bits per heavy atom. The van der Waals surface area contributed by atoms with Crippen molar-refractivity contribution in [2.24, 2.45) is 0 Å². The van der Waals surface area contributed by atoms with E-state index in [-0.39, 0.29) is 0 Å². The first-order valence-corrected chi connectivity index (χ1v) is 4.46. The van der Waals surface area contributed by atoms with Gasteiger partial charge in [-0.1, -0.05) is 18.2 Å². The molecule has 0 unspecified atom stereocenters. The highest BCUT2D eigenvalue weighted by Gasteiger charge is 1.92. The van der Waals surface area contributed by atoms with Crippen molar-refractivity contribution < 1.29 is 0 Å². The molecule has 0 bridgehead atoms. The lowest BCUT2D eigenvalue weighted by Gasteiger charge is -1.97. The first-order chi connectivity index (χ1) is 5.29. The quantitative estimate of drug-likeness (QED) is 0.504. The maximum atomic E-state index is 4.17. The predicted octanol–water partition coefficient (Wildman–Crippen LogP) is 2.75. The fourth-order valence-electron chi connectivity index (χ4n) is 0.630. The summed E-state index contributed by atoms with van der Waals surface area (Å²) in [5, 5.41) is 1.07. The number of pyridine rings is 1. The first kappa shape index (κ1) is 8.34. The van der Waals surface area contributed by atoms with Crippen LogP contribution in [-0.4, -0.2) is 10.7 Å². The van der Waals surface area contributed by atoms with Crippen molar-refractivity contribution in [3.05, 3.63) is 36.5 Å². The molecule has 11 heavy (non-hydrogen) atoms. The van der Waals surface area contributed by atoms with Gasteiger partial charge >= 0.3 is 0 Å².